The van der Waals surface area contributed by atoms with Gasteiger partial charge in [0.15, 0.2) is 0 Å². The maximum Gasteiger partial charge on any atom is 0.239 e. The summed E-state index contributed by atoms with van der Waals surface area (Å²) < 4.78 is 1.71. The fourth-order valence-corrected chi connectivity index (χ4v) is 2.04. The quantitative estimate of drug-likeness (QED) is 0.683. The summed E-state index contributed by atoms with van der Waals surface area (Å²) in [6.07, 6.45) is 3.29. The summed E-state index contributed by atoms with van der Waals surface area (Å²) in [6, 6.07) is -0.206. The van der Waals surface area contributed by atoms with E-state index >= 15 is 0 Å². The first-order valence-corrected chi connectivity index (χ1v) is 7.38. The van der Waals surface area contributed by atoms with Crippen LogP contribution in [-0.4, -0.2) is 57.7 Å². The molecule has 1 unspecified atom stereocenters. The Bertz CT molecular complexity index is 431. The second-order valence-electron chi connectivity index (χ2n) is 5.85. The SMILES string of the molecule is CC(C)CC(NCc1cn(CCCO)nn1)C(=O)N(C)C. The molecule has 1 aromatic heterocycles. The summed E-state index contributed by atoms with van der Waals surface area (Å²) in [5.41, 5.74) is 0.799. The van der Waals surface area contributed by atoms with Crippen molar-refractivity contribution in [3.63, 3.8) is 0 Å². The van der Waals surface area contributed by atoms with Gasteiger partial charge < -0.3 is 15.3 Å². The number of aliphatic hydroxyl groups is 1. The highest BCUT2D eigenvalue weighted by molar-refractivity contribution is 5.81. The lowest BCUT2D eigenvalue weighted by atomic mass is 10.0. The van der Waals surface area contributed by atoms with Crippen molar-refractivity contribution in [3.8, 4) is 0 Å². The fraction of sp³-hybridized carbons (Fsp3) is 0.786. The molecule has 0 aliphatic carbocycles. The van der Waals surface area contributed by atoms with Crippen molar-refractivity contribution < 1.29 is 9.90 Å². The van der Waals surface area contributed by atoms with Gasteiger partial charge in [0.1, 0.15) is 0 Å². The van der Waals surface area contributed by atoms with Crippen LogP contribution in [-0.2, 0) is 17.9 Å². The number of rotatable bonds is 9. The minimum absolute atomic E-state index is 0.0800. The van der Waals surface area contributed by atoms with E-state index < -0.39 is 0 Å². The van der Waals surface area contributed by atoms with E-state index in [0.29, 0.717) is 25.4 Å². The van der Waals surface area contributed by atoms with Crippen molar-refractivity contribution in [2.24, 2.45) is 5.92 Å². The number of amides is 1. The molecule has 0 aliphatic heterocycles. The van der Waals surface area contributed by atoms with E-state index in [9.17, 15) is 4.79 Å². The zero-order valence-corrected chi connectivity index (χ0v) is 13.4. The summed E-state index contributed by atoms with van der Waals surface area (Å²) in [7, 11) is 3.53. The highest BCUT2D eigenvalue weighted by atomic mass is 16.3. The Morgan fingerprint density at radius 3 is 2.76 bits per heavy atom. The Hall–Kier alpha value is -1.47. The largest absolute Gasteiger partial charge is 0.396 e. The van der Waals surface area contributed by atoms with Gasteiger partial charge in [-0.2, -0.15) is 0 Å². The molecule has 1 rings (SSSR count). The zero-order valence-electron chi connectivity index (χ0n) is 13.4. The number of aromatic nitrogens is 3. The molecule has 0 aromatic carbocycles. The minimum Gasteiger partial charge on any atom is -0.396 e. The number of aryl methyl sites for hydroxylation is 1. The van der Waals surface area contributed by atoms with Crippen LogP contribution >= 0.6 is 0 Å². The number of aliphatic hydroxyl groups excluding tert-OH is 1. The third-order valence-corrected chi connectivity index (χ3v) is 3.11. The van der Waals surface area contributed by atoms with Gasteiger partial charge in [0, 0.05) is 40.0 Å². The number of hydrogen-bond donors (Lipinski definition) is 2. The van der Waals surface area contributed by atoms with Gasteiger partial charge in [-0.3, -0.25) is 9.48 Å². The fourth-order valence-electron chi connectivity index (χ4n) is 2.04. The van der Waals surface area contributed by atoms with Crippen LogP contribution in [0.25, 0.3) is 0 Å². The maximum absolute atomic E-state index is 12.1. The van der Waals surface area contributed by atoms with E-state index in [-0.39, 0.29) is 18.6 Å². The third kappa shape index (κ3) is 6.22. The van der Waals surface area contributed by atoms with Crippen LogP contribution < -0.4 is 5.32 Å². The maximum atomic E-state index is 12.1. The lowest BCUT2D eigenvalue weighted by Gasteiger charge is -2.22. The smallest absolute Gasteiger partial charge is 0.239 e. The molecule has 7 nitrogen and oxygen atoms in total. The van der Waals surface area contributed by atoms with Gasteiger partial charge in [-0.05, 0) is 18.8 Å². The molecule has 0 saturated heterocycles. The molecule has 1 aromatic rings. The predicted octanol–water partition coefficient (Wildman–Crippen LogP) is 0.253. The van der Waals surface area contributed by atoms with Crippen molar-refractivity contribution in [2.45, 2.75) is 45.8 Å². The monoisotopic (exact) mass is 297 g/mol. The van der Waals surface area contributed by atoms with Gasteiger partial charge in [-0.15, -0.1) is 5.10 Å². The second-order valence-corrected chi connectivity index (χ2v) is 5.85. The Balaban J connectivity index is 2.55. The molecule has 1 amide bonds. The topological polar surface area (TPSA) is 83.3 Å². The van der Waals surface area contributed by atoms with Crippen LogP contribution in [0.4, 0.5) is 0 Å². The van der Waals surface area contributed by atoms with Crippen LogP contribution in [0, 0.1) is 5.92 Å². The van der Waals surface area contributed by atoms with Gasteiger partial charge in [0.05, 0.1) is 11.7 Å². The van der Waals surface area contributed by atoms with E-state index in [1.165, 1.54) is 0 Å². The lowest BCUT2D eigenvalue weighted by Crippen LogP contribution is -2.44. The van der Waals surface area contributed by atoms with Crippen molar-refractivity contribution in [1.29, 1.82) is 0 Å². The Kier molecular flexibility index (Phi) is 7.31. The molecule has 1 atom stereocenters. The first-order chi connectivity index (χ1) is 9.93. The van der Waals surface area contributed by atoms with Gasteiger partial charge in [0.25, 0.3) is 0 Å². The number of nitrogens with one attached hydrogen (secondary N) is 1. The summed E-state index contributed by atoms with van der Waals surface area (Å²) >= 11 is 0. The molecule has 0 fully saturated rings. The van der Waals surface area contributed by atoms with E-state index in [4.69, 9.17) is 5.11 Å². The molecule has 21 heavy (non-hydrogen) atoms. The molecule has 7 heteroatoms. The Morgan fingerprint density at radius 1 is 1.48 bits per heavy atom. The minimum atomic E-state index is -0.206. The average Bonchev–Trinajstić information content (AvgIpc) is 2.87. The molecular weight excluding hydrogens is 270 g/mol. The molecule has 0 radical (unpaired) electrons. The Morgan fingerprint density at radius 2 is 2.19 bits per heavy atom. The van der Waals surface area contributed by atoms with Crippen LogP contribution in [0.3, 0.4) is 0 Å². The van der Waals surface area contributed by atoms with Gasteiger partial charge in [-0.25, -0.2) is 0 Å². The number of carbonyl (C=O) groups is 1. The molecule has 0 saturated carbocycles. The predicted molar refractivity (Wildman–Crippen MR) is 80.5 cm³/mol. The van der Waals surface area contributed by atoms with E-state index in [1.807, 2.05) is 6.20 Å². The van der Waals surface area contributed by atoms with Gasteiger partial charge in [-0.1, -0.05) is 19.1 Å². The normalized spacial score (nSPS) is 12.7. The summed E-state index contributed by atoms with van der Waals surface area (Å²) in [5.74, 6) is 0.517. The van der Waals surface area contributed by atoms with E-state index in [0.717, 1.165) is 12.1 Å². The van der Waals surface area contributed by atoms with Crippen LogP contribution in [0.1, 0.15) is 32.4 Å². The van der Waals surface area contributed by atoms with Crippen molar-refractivity contribution in [2.75, 3.05) is 20.7 Å². The summed E-state index contributed by atoms with van der Waals surface area (Å²) in [4.78, 5) is 13.7. The molecule has 1 heterocycles. The third-order valence-electron chi connectivity index (χ3n) is 3.11. The highest BCUT2D eigenvalue weighted by Crippen LogP contribution is 2.08. The van der Waals surface area contributed by atoms with E-state index in [1.54, 1.807) is 23.7 Å². The number of likely N-dealkylation sites (N-methyl/N-ethyl adjacent to an activating group) is 1. The molecular formula is C14H27N5O2. The molecule has 0 aliphatic rings. The Labute approximate surface area is 126 Å². The summed E-state index contributed by atoms with van der Waals surface area (Å²) in [5, 5.41) is 20.1. The van der Waals surface area contributed by atoms with Crippen LogP contribution in [0.15, 0.2) is 6.20 Å². The first-order valence-electron chi connectivity index (χ1n) is 7.38. The first kappa shape index (κ1) is 17.6. The molecule has 120 valence electrons. The molecule has 0 spiro atoms. The molecule has 2 N–H and O–H groups in total. The highest BCUT2D eigenvalue weighted by Gasteiger charge is 2.21. The van der Waals surface area contributed by atoms with Crippen molar-refractivity contribution in [3.05, 3.63) is 11.9 Å². The van der Waals surface area contributed by atoms with Crippen LogP contribution in [0.5, 0.6) is 0 Å². The van der Waals surface area contributed by atoms with Gasteiger partial charge in [0.2, 0.25) is 5.91 Å². The standard InChI is InChI=1S/C14H27N5O2/c1-11(2)8-13(14(21)18(3)4)15-9-12-10-19(17-16-12)6-5-7-20/h10-11,13,15,20H,5-9H2,1-4H3. The van der Waals surface area contributed by atoms with Crippen molar-refractivity contribution in [1.82, 2.24) is 25.2 Å². The lowest BCUT2D eigenvalue weighted by molar-refractivity contribution is -0.131. The van der Waals surface area contributed by atoms with Crippen LogP contribution in [0.2, 0.25) is 0 Å². The number of nitrogens with zero attached hydrogens (tertiary/aromatic N) is 4. The summed E-state index contributed by atoms with van der Waals surface area (Å²) in [6.45, 7) is 5.50. The second kappa shape index (κ2) is 8.74. The van der Waals surface area contributed by atoms with Gasteiger partial charge >= 0.3 is 0 Å². The van der Waals surface area contributed by atoms with Crippen molar-refractivity contribution >= 4 is 5.91 Å². The average molecular weight is 297 g/mol. The molecule has 0 bridgehead atoms. The van der Waals surface area contributed by atoms with E-state index in [2.05, 4.69) is 29.5 Å². The zero-order chi connectivity index (χ0) is 15.8. The number of carbonyl (C=O) groups excluding carboxylic acids is 1. The number of hydrogen-bond acceptors (Lipinski definition) is 5.